The molecule has 4 heteroatoms. The number of hydrogen-bond acceptors (Lipinski definition) is 2. The van der Waals surface area contributed by atoms with Crippen LogP contribution in [0.2, 0.25) is 5.02 Å². The zero-order chi connectivity index (χ0) is 14.8. The fourth-order valence-electron chi connectivity index (χ4n) is 2.83. The van der Waals surface area contributed by atoms with Gasteiger partial charge in [0.25, 0.3) is 0 Å². The van der Waals surface area contributed by atoms with Gasteiger partial charge in [-0.2, -0.15) is 0 Å². The van der Waals surface area contributed by atoms with Crippen LogP contribution in [0.4, 0.5) is 0 Å². The van der Waals surface area contributed by atoms with Crippen molar-refractivity contribution in [2.24, 2.45) is 5.73 Å². The molecule has 1 fully saturated rings. The summed E-state index contributed by atoms with van der Waals surface area (Å²) in [5.74, 6) is 0.0741. The molecule has 1 aromatic rings. The maximum Gasteiger partial charge on any atom is 0.243 e. The molecule has 3 nitrogen and oxygen atoms in total. The third kappa shape index (κ3) is 3.33. The summed E-state index contributed by atoms with van der Waals surface area (Å²) >= 11 is 6.01. The lowest BCUT2D eigenvalue weighted by Crippen LogP contribution is -2.55. The fourth-order valence-corrected chi connectivity index (χ4v) is 3.04. The molecule has 1 saturated carbocycles. The van der Waals surface area contributed by atoms with E-state index in [0.717, 1.165) is 31.2 Å². The maximum atomic E-state index is 12.8. The zero-order valence-corrected chi connectivity index (χ0v) is 13.0. The molecule has 0 radical (unpaired) electrons. The normalized spacial score (nSPS) is 17.4. The second-order valence-electron chi connectivity index (χ2n) is 6.02. The van der Waals surface area contributed by atoms with Crippen molar-refractivity contribution < 1.29 is 4.79 Å². The first-order chi connectivity index (χ1) is 9.42. The second kappa shape index (κ2) is 6.15. The third-order valence-electron chi connectivity index (χ3n) is 4.05. The fraction of sp³-hybridized carbons (Fsp3) is 0.562. The van der Waals surface area contributed by atoms with E-state index in [1.54, 1.807) is 0 Å². The zero-order valence-electron chi connectivity index (χ0n) is 12.2. The quantitative estimate of drug-likeness (QED) is 0.925. The molecule has 0 saturated heterocycles. The van der Waals surface area contributed by atoms with Crippen LogP contribution in [0.1, 0.15) is 45.1 Å². The summed E-state index contributed by atoms with van der Waals surface area (Å²) in [5, 5.41) is 0.696. The van der Waals surface area contributed by atoms with Gasteiger partial charge in [-0.1, -0.05) is 36.6 Å². The van der Waals surface area contributed by atoms with Crippen LogP contribution >= 0.6 is 11.6 Å². The van der Waals surface area contributed by atoms with Gasteiger partial charge in [0.15, 0.2) is 0 Å². The Morgan fingerprint density at radius 1 is 1.40 bits per heavy atom. The number of halogens is 1. The molecule has 0 heterocycles. The van der Waals surface area contributed by atoms with Gasteiger partial charge in [0, 0.05) is 17.6 Å². The van der Waals surface area contributed by atoms with Crippen LogP contribution in [0.25, 0.3) is 0 Å². The Bertz CT molecular complexity index is 481. The number of nitrogens with zero attached hydrogens (tertiary/aromatic N) is 1. The van der Waals surface area contributed by atoms with Crippen molar-refractivity contribution >= 4 is 17.5 Å². The molecule has 0 atom stereocenters. The van der Waals surface area contributed by atoms with Crippen LogP contribution in [0, 0.1) is 0 Å². The standard InChI is InChI=1S/C16H23ClN2O/c1-12(2)19(11-13-6-5-7-14(17)10-13)15(20)16(18)8-3-4-9-16/h5-7,10,12H,3-4,8-9,11,18H2,1-2H3. The van der Waals surface area contributed by atoms with Gasteiger partial charge in [-0.25, -0.2) is 0 Å². The molecule has 1 amide bonds. The molecule has 0 bridgehead atoms. The predicted molar refractivity (Wildman–Crippen MR) is 82.5 cm³/mol. The molecule has 110 valence electrons. The Balaban J connectivity index is 2.17. The summed E-state index contributed by atoms with van der Waals surface area (Å²) in [6.45, 7) is 4.62. The number of hydrogen-bond donors (Lipinski definition) is 1. The first kappa shape index (κ1) is 15.3. The highest BCUT2D eigenvalue weighted by atomic mass is 35.5. The summed E-state index contributed by atoms with van der Waals surface area (Å²) in [5.41, 5.74) is 6.69. The number of benzene rings is 1. The van der Waals surface area contributed by atoms with E-state index >= 15 is 0 Å². The summed E-state index contributed by atoms with van der Waals surface area (Å²) in [6.07, 6.45) is 3.69. The molecule has 0 aromatic heterocycles. The van der Waals surface area contributed by atoms with Gasteiger partial charge < -0.3 is 10.6 Å². The Kier molecular flexibility index (Phi) is 4.71. The van der Waals surface area contributed by atoms with E-state index in [0.29, 0.717) is 11.6 Å². The van der Waals surface area contributed by atoms with Crippen molar-refractivity contribution in [2.45, 2.75) is 57.7 Å². The number of amides is 1. The van der Waals surface area contributed by atoms with Gasteiger partial charge in [0.05, 0.1) is 5.54 Å². The van der Waals surface area contributed by atoms with Crippen molar-refractivity contribution in [1.82, 2.24) is 4.90 Å². The maximum absolute atomic E-state index is 12.8. The van der Waals surface area contributed by atoms with E-state index in [1.807, 2.05) is 43.0 Å². The lowest BCUT2D eigenvalue weighted by Gasteiger charge is -2.34. The van der Waals surface area contributed by atoms with Crippen LogP contribution in [-0.2, 0) is 11.3 Å². The van der Waals surface area contributed by atoms with E-state index < -0.39 is 5.54 Å². The molecule has 1 aliphatic rings. The first-order valence-corrected chi connectivity index (χ1v) is 7.64. The van der Waals surface area contributed by atoms with Crippen LogP contribution in [0.5, 0.6) is 0 Å². The van der Waals surface area contributed by atoms with Crippen molar-refractivity contribution in [3.05, 3.63) is 34.9 Å². The van der Waals surface area contributed by atoms with E-state index in [4.69, 9.17) is 17.3 Å². The van der Waals surface area contributed by atoms with Crippen LogP contribution in [0.3, 0.4) is 0 Å². The van der Waals surface area contributed by atoms with Crippen LogP contribution in [0.15, 0.2) is 24.3 Å². The average molecular weight is 295 g/mol. The number of rotatable bonds is 4. The smallest absolute Gasteiger partial charge is 0.243 e. The monoisotopic (exact) mass is 294 g/mol. The molecule has 0 unspecified atom stereocenters. The molecule has 2 N–H and O–H groups in total. The lowest BCUT2D eigenvalue weighted by molar-refractivity contribution is -0.139. The Morgan fingerprint density at radius 2 is 2.05 bits per heavy atom. The Morgan fingerprint density at radius 3 is 2.60 bits per heavy atom. The average Bonchev–Trinajstić information content (AvgIpc) is 2.83. The van der Waals surface area contributed by atoms with Gasteiger partial charge in [-0.3, -0.25) is 4.79 Å². The summed E-state index contributed by atoms with van der Waals surface area (Å²) in [7, 11) is 0. The number of carbonyl (C=O) groups is 1. The van der Waals surface area contributed by atoms with Gasteiger partial charge in [-0.15, -0.1) is 0 Å². The molecule has 0 aliphatic heterocycles. The van der Waals surface area contributed by atoms with E-state index in [1.165, 1.54) is 0 Å². The largest absolute Gasteiger partial charge is 0.334 e. The number of nitrogens with two attached hydrogens (primary N) is 1. The SMILES string of the molecule is CC(C)N(Cc1cccc(Cl)c1)C(=O)C1(N)CCCC1. The number of carbonyl (C=O) groups excluding carboxylic acids is 1. The molecule has 20 heavy (non-hydrogen) atoms. The van der Waals surface area contributed by atoms with Crippen LogP contribution in [-0.4, -0.2) is 22.4 Å². The minimum Gasteiger partial charge on any atom is -0.334 e. The van der Waals surface area contributed by atoms with E-state index in [9.17, 15) is 4.79 Å². The molecular weight excluding hydrogens is 272 g/mol. The highest BCUT2D eigenvalue weighted by Crippen LogP contribution is 2.30. The minimum atomic E-state index is -0.664. The van der Waals surface area contributed by atoms with Gasteiger partial charge in [-0.05, 0) is 44.4 Å². The first-order valence-electron chi connectivity index (χ1n) is 7.27. The molecular formula is C16H23ClN2O. The van der Waals surface area contributed by atoms with Crippen molar-refractivity contribution in [2.75, 3.05) is 0 Å². The van der Waals surface area contributed by atoms with Crippen LogP contribution < -0.4 is 5.73 Å². The lowest BCUT2D eigenvalue weighted by atomic mass is 9.96. The highest BCUT2D eigenvalue weighted by Gasteiger charge is 2.40. The van der Waals surface area contributed by atoms with Gasteiger partial charge in [0.2, 0.25) is 5.91 Å². The van der Waals surface area contributed by atoms with Gasteiger partial charge in [0.1, 0.15) is 0 Å². The highest BCUT2D eigenvalue weighted by molar-refractivity contribution is 6.30. The van der Waals surface area contributed by atoms with Gasteiger partial charge >= 0.3 is 0 Å². The van der Waals surface area contributed by atoms with Crippen molar-refractivity contribution in [1.29, 1.82) is 0 Å². The third-order valence-corrected chi connectivity index (χ3v) is 4.28. The molecule has 1 aromatic carbocycles. The van der Waals surface area contributed by atoms with E-state index in [-0.39, 0.29) is 11.9 Å². The molecule has 2 rings (SSSR count). The van der Waals surface area contributed by atoms with Crippen molar-refractivity contribution in [3.63, 3.8) is 0 Å². The molecule has 0 spiro atoms. The van der Waals surface area contributed by atoms with Crippen molar-refractivity contribution in [3.8, 4) is 0 Å². The Hall–Kier alpha value is -1.06. The van der Waals surface area contributed by atoms with E-state index in [2.05, 4.69) is 0 Å². The topological polar surface area (TPSA) is 46.3 Å². The minimum absolute atomic E-state index is 0.0741. The summed E-state index contributed by atoms with van der Waals surface area (Å²) in [6, 6.07) is 7.78. The predicted octanol–water partition coefficient (Wildman–Crippen LogP) is 3.35. The molecule has 1 aliphatic carbocycles. The summed E-state index contributed by atoms with van der Waals surface area (Å²) in [4.78, 5) is 14.6. The Labute approximate surface area is 126 Å². The second-order valence-corrected chi connectivity index (χ2v) is 6.46. The summed E-state index contributed by atoms with van der Waals surface area (Å²) < 4.78 is 0.